The average Bonchev–Trinajstić information content (AvgIpc) is 3.33. The van der Waals surface area contributed by atoms with E-state index in [0.717, 1.165) is 49.1 Å². The Hall–Kier alpha value is -1.39. The lowest BCUT2D eigenvalue weighted by Crippen LogP contribution is -2.36. The molecule has 1 saturated heterocycles. The van der Waals surface area contributed by atoms with Crippen LogP contribution in [0.1, 0.15) is 28.1 Å². The summed E-state index contributed by atoms with van der Waals surface area (Å²) >= 11 is 1.65. The van der Waals surface area contributed by atoms with Gasteiger partial charge in [-0.25, -0.2) is 4.98 Å². The Morgan fingerprint density at radius 2 is 2.14 bits per heavy atom. The van der Waals surface area contributed by atoms with Gasteiger partial charge in [-0.1, -0.05) is 12.1 Å². The summed E-state index contributed by atoms with van der Waals surface area (Å²) in [7, 11) is 1.78. The molecule has 0 radical (unpaired) electrons. The van der Waals surface area contributed by atoms with Crippen molar-refractivity contribution in [1.29, 1.82) is 0 Å². The first-order chi connectivity index (χ1) is 13.2. The summed E-state index contributed by atoms with van der Waals surface area (Å²) < 4.78 is 11.6. The monoisotopic (exact) mass is 516 g/mol. The van der Waals surface area contributed by atoms with Gasteiger partial charge in [-0.05, 0) is 31.9 Å². The Balaban J connectivity index is 0.00000280. The van der Waals surface area contributed by atoms with E-state index >= 15 is 0 Å². The van der Waals surface area contributed by atoms with E-state index in [9.17, 15) is 0 Å². The van der Waals surface area contributed by atoms with Gasteiger partial charge < -0.3 is 20.1 Å². The van der Waals surface area contributed by atoms with Crippen LogP contribution in [-0.2, 0) is 17.8 Å². The maximum absolute atomic E-state index is 6.12. The highest BCUT2D eigenvalue weighted by atomic mass is 127. The van der Waals surface area contributed by atoms with Gasteiger partial charge in [0.2, 0.25) is 0 Å². The molecule has 1 aromatic heterocycles. The Kier molecular flexibility index (Phi) is 9.46. The van der Waals surface area contributed by atoms with Gasteiger partial charge in [-0.15, -0.1) is 35.3 Å². The molecule has 1 fully saturated rings. The summed E-state index contributed by atoms with van der Waals surface area (Å²) in [5.74, 6) is 2.19. The Bertz CT molecular complexity index is 775. The fourth-order valence-corrected chi connectivity index (χ4v) is 3.64. The maximum Gasteiger partial charge on any atom is 0.191 e. The quantitative estimate of drug-likeness (QED) is 0.334. The minimum Gasteiger partial charge on any atom is -0.493 e. The van der Waals surface area contributed by atoms with Crippen molar-refractivity contribution >= 4 is 41.3 Å². The fraction of sp³-hybridized carbons (Fsp3) is 0.500. The lowest BCUT2D eigenvalue weighted by molar-refractivity contribution is 0.166. The zero-order valence-electron chi connectivity index (χ0n) is 16.7. The lowest BCUT2D eigenvalue weighted by Gasteiger charge is -2.17. The molecule has 3 rings (SSSR count). The van der Waals surface area contributed by atoms with E-state index in [1.165, 1.54) is 10.4 Å². The second-order valence-electron chi connectivity index (χ2n) is 6.79. The van der Waals surface area contributed by atoms with Gasteiger partial charge in [0.05, 0.1) is 31.0 Å². The van der Waals surface area contributed by atoms with E-state index in [1.807, 2.05) is 12.4 Å². The van der Waals surface area contributed by atoms with Crippen LogP contribution in [-0.4, -0.2) is 37.8 Å². The zero-order valence-corrected chi connectivity index (χ0v) is 19.8. The third-order valence-electron chi connectivity index (χ3n) is 4.65. The number of aromatic nitrogens is 1. The number of guanidine groups is 1. The van der Waals surface area contributed by atoms with Crippen LogP contribution in [0.2, 0.25) is 0 Å². The zero-order chi connectivity index (χ0) is 19.1. The van der Waals surface area contributed by atoms with Gasteiger partial charge in [-0.3, -0.25) is 4.99 Å². The van der Waals surface area contributed by atoms with Crippen molar-refractivity contribution in [3.63, 3.8) is 0 Å². The Morgan fingerprint density at radius 1 is 1.32 bits per heavy atom. The van der Waals surface area contributed by atoms with Crippen LogP contribution >= 0.6 is 35.3 Å². The summed E-state index contributed by atoms with van der Waals surface area (Å²) in [6, 6.07) is 6.33. The highest BCUT2D eigenvalue weighted by Gasteiger charge is 2.17. The molecule has 6 nitrogen and oxygen atoms in total. The van der Waals surface area contributed by atoms with Gasteiger partial charge in [0.1, 0.15) is 5.75 Å². The molecule has 2 N–H and O–H groups in total. The number of nitrogens with zero attached hydrogens (tertiary/aromatic N) is 2. The van der Waals surface area contributed by atoms with Gasteiger partial charge in [-0.2, -0.15) is 0 Å². The number of aryl methyl sites for hydroxylation is 2. The fourth-order valence-electron chi connectivity index (χ4n) is 2.92. The van der Waals surface area contributed by atoms with Crippen LogP contribution in [0.3, 0.4) is 0 Å². The van der Waals surface area contributed by atoms with Crippen molar-refractivity contribution in [2.45, 2.75) is 33.4 Å². The molecule has 8 heteroatoms. The molecule has 0 bridgehead atoms. The molecule has 1 aliphatic heterocycles. The van der Waals surface area contributed by atoms with Crippen LogP contribution in [0.25, 0.3) is 0 Å². The van der Waals surface area contributed by atoms with E-state index in [1.54, 1.807) is 18.4 Å². The minimum absolute atomic E-state index is 0. The number of rotatable bonds is 7. The molecule has 0 amide bonds. The highest BCUT2D eigenvalue weighted by Crippen LogP contribution is 2.22. The second-order valence-corrected chi connectivity index (χ2v) is 7.73. The number of halogens is 1. The molecule has 1 aliphatic rings. The van der Waals surface area contributed by atoms with E-state index in [-0.39, 0.29) is 24.0 Å². The van der Waals surface area contributed by atoms with Crippen LogP contribution in [0.15, 0.2) is 28.7 Å². The van der Waals surface area contributed by atoms with Crippen molar-refractivity contribution in [2.75, 3.05) is 26.9 Å². The van der Waals surface area contributed by atoms with E-state index in [2.05, 4.69) is 45.7 Å². The number of thiazole rings is 1. The summed E-state index contributed by atoms with van der Waals surface area (Å²) in [4.78, 5) is 9.81. The number of ether oxygens (including phenoxy) is 2. The number of hydrogen-bond acceptors (Lipinski definition) is 5. The SMILES string of the molecule is CN=C(NCc1ccc(C)cc1OCC1CCOC1)NCc1scnc1C.I. The summed E-state index contributed by atoms with van der Waals surface area (Å²) in [6.07, 6.45) is 1.08. The maximum atomic E-state index is 6.12. The van der Waals surface area contributed by atoms with Gasteiger partial charge in [0.15, 0.2) is 5.96 Å². The van der Waals surface area contributed by atoms with Crippen LogP contribution < -0.4 is 15.4 Å². The molecule has 0 saturated carbocycles. The topological polar surface area (TPSA) is 67.8 Å². The smallest absolute Gasteiger partial charge is 0.191 e. The highest BCUT2D eigenvalue weighted by molar-refractivity contribution is 14.0. The van der Waals surface area contributed by atoms with Crippen molar-refractivity contribution in [1.82, 2.24) is 15.6 Å². The van der Waals surface area contributed by atoms with E-state index in [0.29, 0.717) is 19.1 Å². The van der Waals surface area contributed by atoms with Crippen molar-refractivity contribution in [3.05, 3.63) is 45.4 Å². The molecule has 28 heavy (non-hydrogen) atoms. The standard InChI is InChI=1S/C20H28N4O2S.HI/c1-14-4-5-17(18(8-14)26-12-16-6-7-25-11-16)9-22-20(21-3)23-10-19-15(2)24-13-27-19;/h4-5,8,13,16H,6-7,9-12H2,1-3H3,(H2,21,22,23);1H. The predicted octanol–water partition coefficient (Wildman–Crippen LogP) is 3.66. The van der Waals surface area contributed by atoms with Crippen LogP contribution in [0.5, 0.6) is 5.75 Å². The van der Waals surface area contributed by atoms with Crippen molar-refractivity contribution in [3.8, 4) is 5.75 Å². The Labute approximate surface area is 188 Å². The minimum atomic E-state index is 0. The van der Waals surface area contributed by atoms with Gasteiger partial charge >= 0.3 is 0 Å². The second kappa shape index (κ2) is 11.6. The number of benzene rings is 1. The molecule has 1 unspecified atom stereocenters. The number of nitrogens with one attached hydrogen (secondary N) is 2. The van der Waals surface area contributed by atoms with E-state index in [4.69, 9.17) is 9.47 Å². The third kappa shape index (κ3) is 6.59. The molecular formula is C20H29IN4O2S. The van der Waals surface area contributed by atoms with Crippen LogP contribution in [0.4, 0.5) is 0 Å². The summed E-state index contributed by atoms with van der Waals surface area (Å²) in [5, 5.41) is 6.72. The van der Waals surface area contributed by atoms with Crippen LogP contribution in [0, 0.1) is 19.8 Å². The lowest BCUT2D eigenvalue weighted by atomic mass is 10.1. The first kappa shape index (κ1) is 22.9. The molecule has 154 valence electrons. The third-order valence-corrected chi connectivity index (χ3v) is 5.59. The van der Waals surface area contributed by atoms with Gasteiger partial charge in [0.25, 0.3) is 0 Å². The summed E-state index contributed by atoms with van der Waals surface area (Å²) in [6.45, 7) is 7.82. The van der Waals surface area contributed by atoms with E-state index < -0.39 is 0 Å². The van der Waals surface area contributed by atoms with Crippen molar-refractivity contribution < 1.29 is 9.47 Å². The predicted molar refractivity (Wildman–Crippen MR) is 125 cm³/mol. The summed E-state index contributed by atoms with van der Waals surface area (Å²) in [5.41, 5.74) is 5.25. The molecule has 2 heterocycles. The molecule has 1 aromatic carbocycles. The molecule has 0 spiro atoms. The molecule has 2 aromatic rings. The number of hydrogen-bond donors (Lipinski definition) is 2. The molecule has 0 aliphatic carbocycles. The Morgan fingerprint density at radius 3 is 2.82 bits per heavy atom. The van der Waals surface area contributed by atoms with Crippen molar-refractivity contribution in [2.24, 2.45) is 10.9 Å². The first-order valence-electron chi connectivity index (χ1n) is 9.29. The largest absolute Gasteiger partial charge is 0.493 e. The normalized spacial score (nSPS) is 16.5. The average molecular weight is 516 g/mol. The van der Waals surface area contributed by atoms with Gasteiger partial charge in [0, 0.05) is 36.6 Å². The molecule has 1 atom stereocenters. The molecular weight excluding hydrogens is 487 g/mol. The number of aliphatic imine (C=N–C) groups is 1. The first-order valence-corrected chi connectivity index (χ1v) is 10.2.